The quantitative estimate of drug-likeness (QED) is 0.758. The third kappa shape index (κ3) is 5.02. The fourth-order valence-corrected chi connectivity index (χ4v) is 1.97. The Kier molecular flexibility index (Phi) is 5.94. The number of amides is 1. The maximum absolute atomic E-state index is 11.7. The summed E-state index contributed by atoms with van der Waals surface area (Å²) >= 11 is 0. The Morgan fingerprint density at radius 1 is 1.24 bits per heavy atom. The highest BCUT2D eigenvalue weighted by atomic mass is 16.5. The molecule has 5 nitrogen and oxygen atoms in total. The van der Waals surface area contributed by atoms with Crippen LogP contribution in [0.4, 0.5) is 0 Å². The van der Waals surface area contributed by atoms with Crippen LogP contribution in [0.5, 0.6) is 0 Å². The molecule has 2 aromatic rings. The van der Waals surface area contributed by atoms with Crippen LogP contribution in [0.25, 0.3) is 11.4 Å². The molecule has 0 bridgehead atoms. The van der Waals surface area contributed by atoms with Crippen LogP contribution >= 0.6 is 0 Å². The van der Waals surface area contributed by atoms with Crippen molar-refractivity contribution in [2.75, 3.05) is 6.54 Å². The fraction of sp³-hybridized carbons (Fsp3) is 0.438. The van der Waals surface area contributed by atoms with Gasteiger partial charge in [-0.25, -0.2) is 0 Å². The van der Waals surface area contributed by atoms with Crippen molar-refractivity contribution in [3.8, 4) is 11.4 Å². The Labute approximate surface area is 124 Å². The average molecular weight is 287 g/mol. The van der Waals surface area contributed by atoms with Gasteiger partial charge in [-0.15, -0.1) is 0 Å². The molecular weight excluding hydrogens is 266 g/mol. The van der Waals surface area contributed by atoms with Crippen LogP contribution in [0.2, 0.25) is 0 Å². The maximum atomic E-state index is 11.7. The van der Waals surface area contributed by atoms with Crippen LogP contribution in [0, 0.1) is 0 Å². The Bertz CT molecular complexity index is 552. The van der Waals surface area contributed by atoms with E-state index in [0.29, 0.717) is 24.6 Å². The van der Waals surface area contributed by atoms with E-state index in [1.165, 1.54) is 0 Å². The molecule has 0 saturated heterocycles. The van der Waals surface area contributed by atoms with Crippen molar-refractivity contribution >= 4 is 5.91 Å². The van der Waals surface area contributed by atoms with Gasteiger partial charge < -0.3 is 9.84 Å². The Morgan fingerprint density at radius 2 is 2.05 bits per heavy atom. The number of nitrogens with one attached hydrogen (secondary N) is 1. The summed E-state index contributed by atoms with van der Waals surface area (Å²) in [6.07, 6.45) is 4.17. The van der Waals surface area contributed by atoms with Crippen LogP contribution in [0.15, 0.2) is 34.9 Å². The number of hydrogen-bond donors (Lipinski definition) is 1. The lowest BCUT2D eigenvalue weighted by molar-refractivity contribution is -0.121. The second kappa shape index (κ2) is 8.19. The molecule has 0 fully saturated rings. The first-order valence-electron chi connectivity index (χ1n) is 7.44. The van der Waals surface area contributed by atoms with Crippen molar-refractivity contribution in [3.05, 3.63) is 36.2 Å². The van der Waals surface area contributed by atoms with E-state index < -0.39 is 0 Å². The minimum atomic E-state index is 0.0329. The molecule has 0 atom stereocenters. The van der Waals surface area contributed by atoms with Crippen molar-refractivity contribution in [2.24, 2.45) is 0 Å². The van der Waals surface area contributed by atoms with Gasteiger partial charge in [0.05, 0.1) is 0 Å². The summed E-state index contributed by atoms with van der Waals surface area (Å²) in [7, 11) is 0. The second-order valence-corrected chi connectivity index (χ2v) is 4.93. The van der Waals surface area contributed by atoms with Gasteiger partial charge in [0.25, 0.3) is 0 Å². The van der Waals surface area contributed by atoms with Gasteiger partial charge in [0.15, 0.2) is 0 Å². The zero-order valence-corrected chi connectivity index (χ0v) is 12.3. The molecule has 1 heterocycles. The molecule has 0 aliphatic carbocycles. The van der Waals surface area contributed by atoms with E-state index in [0.717, 1.165) is 31.4 Å². The van der Waals surface area contributed by atoms with Crippen molar-refractivity contribution in [3.63, 3.8) is 0 Å². The molecule has 0 radical (unpaired) electrons. The van der Waals surface area contributed by atoms with E-state index in [9.17, 15) is 4.79 Å². The van der Waals surface area contributed by atoms with Gasteiger partial charge in [-0.05, 0) is 6.42 Å². The largest absolute Gasteiger partial charge is 0.356 e. The third-order valence-corrected chi connectivity index (χ3v) is 3.17. The summed E-state index contributed by atoms with van der Waals surface area (Å²) in [6, 6.07) is 9.64. The number of unbranched alkanes of at least 4 members (excludes halogenated alkanes) is 2. The molecule has 1 aromatic heterocycles. The lowest BCUT2D eigenvalue weighted by Crippen LogP contribution is -2.24. The zero-order valence-electron chi connectivity index (χ0n) is 12.3. The number of hydrogen-bond acceptors (Lipinski definition) is 4. The summed E-state index contributed by atoms with van der Waals surface area (Å²) in [4.78, 5) is 16.0. The number of carbonyl (C=O) groups is 1. The van der Waals surface area contributed by atoms with Gasteiger partial charge in [0.2, 0.25) is 17.6 Å². The Hall–Kier alpha value is -2.17. The fourth-order valence-electron chi connectivity index (χ4n) is 1.97. The SMILES string of the molecule is CCCCCNC(=O)CCc1nc(-c2ccccc2)no1. The minimum absolute atomic E-state index is 0.0329. The minimum Gasteiger partial charge on any atom is -0.356 e. The number of aryl methyl sites for hydroxylation is 1. The van der Waals surface area contributed by atoms with Crippen LogP contribution in [-0.2, 0) is 11.2 Å². The van der Waals surface area contributed by atoms with E-state index in [1.807, 2.05) is 30.3 Å². The summed E-state index contributed by atoms with van der Waals surface area (Å²) in [5.74, 6) is 1.09. The molecule has 0 spiro atoms. The highest BCUT2D eigenvalue weighted by Gasteiger charge is 2.10. The van der Waals surface area contributed by atoms with Gasteiger partial charge in [0, 0.05) is 24.9 Å². The number of rotatable bonds is 8. The number of benzene rings is 1. The summed E-state index contributed by atoms with van der Waals surface area (Å²) in [5.41, 5.74) is 0.913. The highest BCUT2D eigenvalue weighted by molar-refractivity contribution is 5.75. The van der Waals surface area contributed by atoms with Crippen molar-refractivity contribution in [1.29, 1.82) is 0 Å². The first-order chi connectivity index (χ1) is 10.3. The highest BCUT2D eigenvalue weighted by Crippen LogP contribution is 2.15. The van der Waals surface area contributed by atoms with Gasteiger partial charge in [-0.3, -0.25) is 4.79 Å². The monoisotopic (exact) mass is 287 g/mol. The van der Waals surface area contributed by atoms with Gasteiger partial charge in [-0.2, -0.15) is 4.98 Å². The van der Waals surface area contributed by atoms with Crippen LogP contribution < -0.4 is 5.32 Å². The first-order valence-corrected chi connectivity index (χ1v) is 7.44. The van der Waals surface area contributed by atoms with Gasteiger partial charge >= 0.3 is 0 Å². The molecule has 21 heavy (non-hydrogen) atoms. The first kappa shape index (κ1) is 15.2. The lowest BCUT2D eigenvalue weighted by atomic mass is 10.2. The molecule has 1 amide bonds. The van der Waals surface area contributed by atoms with Gasteiger partial charge in [0.1, 0.15) is 0 Å². The smallest absolute Gasteiger partial charge is 0.227 e. The van der Waals surface area contributed by atoms with Gasteiger partial charge in [-0.1, -0.05) is 55.3 Å². The number of nitrogens with zero attached hydrogens (tertiary/aromatic N) is 2. The normalized spacial score (nSPS) is 10.5. The third-order valence-electron chi connectivity index (χ3n) is 3.17. The molecule has 1 aromatic carbocycles. The second-order valence-electron chi connectivity index (χ2n) is 4.93. The van der Waals surface area contributed by atoms with Crippen molar-refractivity contribution in [1.82, 2.24) is 15.5 Å². The lowest BCUT2D eigenvalue weighted by Gasteiger charge is -2.02. The van der Waals surface area contributed by atoms with Crippen LogP contribution in [-0.4, -0.2) is 22.6 Å². The van der Waals surface area contributed by atoms with E-state index in [-0.39, 0.29) is 5.91 Å². The summed E-state index contributed by atoms with van der Waals surface area (Å²) in [5, 5.41) is 6.83. The zero-order chi connectivity index (χ0) is 14.9. The van der Waals surface area contributed by atoms with E-state index in [1.54, 1.807) is 0 Å². The molecule has 0 unspecified atom stereocenters. The molecule has 2 rings (SSSR count). The number of carbonyl (C=O) groups excluding carboxylic acids is 1. The van der Waals surface area contributed by atoms with Crippen molar-refractivity contribution < 1.29 is 9.32 Å². The van der Waals surface area contributed by atoms with E-state index in [2.05, 4.69) is 22.4 Å². The number of aromatic nitrogens is 2. The molecule has 0 aliphatic heterocycles. The van der Waals surface area contributed by atoms with Crippen LogP contribution in [0.3, 0.4) is 0 Å². The Morgan fingerprint density at radius 3 is 2.81 bits per heavy atom. The molecule has 0 saturated carbocycles. The molecule has 0 aliphatic rings. The van der Waals surface area contributed by atoms with E-state index in [4.69, 9.17) is 4.52 Å². The average Bonchev–Trinajstić information content (AvgIpc) is 2.99. The summed E-state index contributed by atoms with van der Waals surface area (Å²) < 4.78 is 5.17. The van der Waals surface area contributed by atoms with Crippen LogP contribution in [0.1, 0.15) is 38.5 Å². The van der Waals surface area contributed by atoms with E-state index >= 15 is 0 Å². The summed E-state index contributed by atoms with van der Waals surface area (Å²) in [6.45, 7) is 2.88. The standard InChI is InChI=1S/C16H21N3O2/c1-2-3-7-12-17-14(20)10-11-15-18-16(19-21-15)13-8-5-4-6-9-13/h4-6,8-9H,2-3,7,10-12H2,1H3,(H,17,20). The predicted octanol–water partition coefficient (Wildman–Crippen LogP) is 2.98. The Balaban J connectivity index is 1.77. The molecule has 1 N–H and O–H groups in total. The molecule has 112 valence electrons. The molecular formula is C16H21N3O2. The topological polar surface area (TPSA) is 68.0 Å². The van der Waals surface area contributed by atoms with Crippen molar-refractivity contribution in [2.45, 2.75) is 39.0 Å². The predicted molar refractivity (Wildman–Crippen MR) is 80.6 cm³/mol. The molecule has 5 heteroatoms. The maximum Gasteiger partial charge on any atom is 0.227 e.